The van der Waals surface area contributed by atoms with Gasteiger partial charge in [-0.3, -0.25) is 4.98 Å². The van der Waals surface area contributed by atoms with Crippen LogP contribution in [0.3, 0.4) is 0 Å². The van der Waals surface area contributed by atoms with Crippen molar-refractivity contribution in [2.45, 2.75) is 57.2 Å². The molecule has 0 saturated heterocycles. The molecule has 0 aliphatic heterocycles. The Hall–Kier alpha value is -3.00. The highest BCUT2D eigenvalue weighted by Crippen LogP contribution is 2.73. The first-order chi connectivity index (χ1) is 19.6. The van der Waals surface area contributed by atoms with Gasteiger partial charge in [0.15, 0.2) is 0 Å². The van der Waals surface area contributed by atoms with E-state index in [1.165, 1.54) is 41.1 Å². The predicted octanol–water partition coefficient (Wildman–Crippen LogP) is 6.33. The molecule has 4 aliphatic rings. The summed E-state index contributed by atoms with van der Waals surface area (Å²) < 4.78 is 25.7. The van der Waals surface area contributed by atoms with E-state index < -0.39 is 0 Å². The molecule has 210 valence electrons. The minimum atomic E-state index is 0.190. The fourth-order valence-electron chi connectivity index (χ4n) is 7.35. The SMILES string of the molecule is COCCCCOCC12CC(CO[C@H]3C[C@H](Oc4ccc(-c5ccc6c7cnccc7n(C)c6c5)cn4)C3)(C1)C2. The van der Waals surface area contributed by atoms with Crippen LogP contribution >= 0.6 is 0 Å². The summed E-state index contributed by atoms with van der Waals surface area (Å²) in [7, 11) is 3.86. The van der Waals surface area contributed by atoms with Crippen molar-refractivity contribution in [3.8, 4) is 17.0 Å². The van der Waals surface area contributed by atoms with E-state index in [0.29, 0.717) is 22.8 Å². The molecule has 4 aromatic rings. The molecular formula is C33H39N3O4. The quantitative estimate of drug-likeness (QED) is 0.184. The summed E-state index contributed by atoms with van der Waals surface area (Å²) in [5.41, 5.74) is 5.49. The molecule has 4 fully saturated rings. The molecule has 7 heteroatoms. The highest BCUT2D eigenvalue weighted by molar-refractivity contribution is 6.08. The Balaban J connectivity index is 0.849. The second-order valence-electron chi connectivity index (χ2n) is 12.5. The Labute approximate surface area is 235 Å². The van der Waals surface area contributed by atoms with Crippen molar-refractivity contribution in [2.75, 3.05) is 33.5 Å². The van der Waals surface area contributed by atoms with Gasteiger partial charge in [-0.25, -0.2) is 4.98 Å². The lowest BCUT2D eigenvalue weighted by Crippen LogP contribution is -2.66. The van der Waals surface area contributed by atoms with Crippen LogP contribution in [-0.4, -0.2) is 60.3 Å². The zero-order valence-corrected chi connectivity index (χ0v) is 23.6. The van der Waals surface area contributed by atoms with Crippen LogP contribution in [0.15, 0.2) is 55.0 Å². The molecule has 0 N–H and O–H groups in total. The molecule has 3 heterocycles. The lowest BCUT2D eigenvalue weighted by Gasteiger charge is -2.70. The van der Waals surface area contributed by atoms with Crippen LogP contribution in [0.5, 0.6) is 5.88 Å². The molecule has 4 aliphatic carbocycles. The summed E-state index contributed by atoms with van der Waals surface area (Å²) in [5, 5.41) is 2.40. The largest absolute Gasteiger partial charge is 0.474 e. The van der Waals surface area contributed by atoms with E-state index >= 15 is 0 Å². The van der Waals surface area contributed by atoms with Gasteiger partial charge >= 0.3 is 0 Å². The van der Waals surface area contributed by atoms with Crippen molar-refractivity contribution in [1.29, 1.82) is 0 Å². The maximum Gasteiger partial charge on any atom is 0.213 e. The van der Waals surface area contributed by atoms with E-state index in [1.54, 1.807) is 7.11 Å². The van der Waals surface area contributed by atoms with Gasteiger partial charge in [0.25, 0.3) is 0 Å². The summed E-state index contributed by atoms with van der Waals surface area (Å²) in [6.07, 6.45) is 14.1. The second kappa shape index (κ2) is 10.4. The zero-order chi connectivity index (χ0) is 27.2. The molecule has 1 aromatic carbocycles. The topological polar surface area (TPSA) is 67.6 Å². The van der Waals surface area contributed by atoms with Crippen LogP contribution in [0.2, 0.25) is 0 Å². The fourth-order valence-corrected chi connectivity index (χ4v) is 7.35. The normalized spacial score (nSPS) is 26.9. The van der Waals surface area contributed by atoms with Gasteiger partial charge in [-0.1, -0.05) is 12.1 Å². The molecule has 7 nitrogen and oxygen atoms in total. The number of unbranched alkanes of at least 4 members (excludes halogenated alkanes) is 1. The number of hydrogen-bond donors (Lipinski definition) is 0. The average Bonchev–Trinajstić information content (AvgIpc) is 3.20. The highest BCUT2D eigenvalue weighted by Gasteiger charge is 2.67. The van der Waals surface area contributed by atoms with Crippen molar-refractivity contribution >= 4 is 21.8 Å². The van der Waals surface area contributed by atoms with Crippen LogP contribution in [0.1, 0.15) is 44.9 Å². The van der Waals surface area contributed by atoms with Gasteiger partial charge in [-0.2, -0.15) is 0 Å². The molecular weight excluding hydrogens is 502 g/mol. The number of ether oxygens (including phenoxy) is 4. The van der Waals surface area contributed by atoms with E-state index in [0.717, 1.165) is 63.2 Å². The number of aryl methyl sites for hydroxylation is 1. The molecule has 0 radical (unpaired) electrons. The highest BCUT2D eigenvalue weighted by atomic mass is 16.5. The van der Waals surface area contributed by atoms with Gasteiger partial charge in [0.2, 0.25) is 5.88 Å². The molecule has 0 amide bonds. The smallest absolute Gasteiger partial charge is 0.213 e. The first kappa shape index (κ1) is 25.9. The number of benzene rings is 1. The van der Waals surface area contributed by atoms with E-state index in [9.17, 15) is 0 Å². The maximum atomic E-state index is 6.29. The van der Waals surface area contributed by atoms with E-state index in [1.807, 2.05) is 24.7 Å². The first-order valence-corrected chi connectivity index (χ1v) is 14.7. The predicted molar refractivity (Wildman–Crippen MR) is 155 cm³/mol. The van der Waals surface area contributed by atoms with Gasteiger partial charge in [-0.05, 0) is 66.7 Å². The standard InChI is InChI=1S/C33H39N3O4/c1-36-29-9-10-34-17-28(29)27-7-5-23(13-30(27)36)24-6-8-31(35-16-24)40-26-14-25(15-26)39-22-33-18-32(19-33,20-33)21-38-12-4-3-11-37-2/h5-10,13,16-17,25-26H,3-4,11-12,14-15,18-22H2,1-2H3/t25-,26-,32?,33?. The molecule has 8 rings (SSSR count). The Bertz CT molecular complexity index is 1470. The lowest BCUT2D eigenvalue weighted by molar-refractivity contribution is -0.263. The number of pyridine rings is 2. The minimum Gasteiger partial charge on any atom is -0.474 e. The molecule has 0 spiro atoms. The van der Waals surface area contributed by atoms with E-state index in [-0.39, 0.29) is 6.10 Å². The third-order valence-corrected chi connectivity index (χ3v) is 9.39. The van der Waals surface area contributed by atoms with E-state index in [2.05, 4.69) is 51.9 Å². The summed E-state index contributed by atoms with van der Waals surface area (Å²) in [5.74, 6) is 0.688. The fraction of sp³-hybridized carbons (Fsp3) is 0.515. The van der Waals surface area contributed by atoms with Crippen molar-refractivity contribution in [2.24, 2.45) is 17.9 Å². The third kappa shape index (κ3) is 4.78. The van der Waals surface area contributed by atoms with E-state index in [4.69, 9.17) is 18.9 Å². The van der Waals surface area contributed by atoms with Crippen LogP contribution in [0.4, 0.5) is 0 Å². The summed E-state index contributed by atoms with van der Waals surface area (Å²) in [6.45, 7) is 3.49. The number of aromatic nitrogens is 3. The average molecular weight is 542 g/mol. The molecule has 40 heavy (non-hydrogen) atoms. The molecule has 3 aromatic heterocycles. The van der Waals surface area contributed by atoms with Gasteiger partial charge in [0.05, 0.1) is 24.8 Å². The Morgan fingerprint density at radius 3 is 2.45 bits per heavy atom. The Morgan fingerprint density at radius 1 is 0.850 bits per heavy atom. The Morgan fingerprint density at radius 2 is 1.65 bits per heavy atom. The first-order valence-electron chi connectivity index (χ1n) is 14.7. The van der Waals surface area contributed by atoms with Crippen molar-refractivity contribution < 1.29 is 18.9 Å². The second-order valence-corrected chi connectivity index (χ2v) is 12.5. The van der Waals surface area contributed by atoms with Crippen molar-refractivity contribution in [3.63, 3.8) is 0 Å². The third-order valence-electron chi connectivity index (χ3n) is 9.39. The minimum absolute atomic E-state index is 0.190. The van der Waals surface area contributed by atoms with Gasteiger partial charge in [-0.15, -0.1) is 0 Å². The van der Waals surface area contributed by atoms with Crippen LogP contribution < -0.4 is 4.74 Å². The lowest BCUT2D eigenvalue weighted by atomic mass is 9.35. The molecule has 2 bridgehead atoms. The van der Waals surface area contributed by atoms with Crippen molar-refractivity contribution in [3.05, 3.63) is 55.0 Å². The van der Waals surface area contributed by atoms with Gasteiger partial charge in [0.1, 0.15) is 6.10 Å². The monoisotopic (exact) mass is 541 g/mol. The molecule has 0 unspecified atom stereocenters. The summed E-state index contributed by atoms with van der Waals surface area (Å²) >= 11 is 0. The number of hydrogen-bond acceptors (Lipinski definition) is 6. The van der Waals surface area contributed by atoms with Gasteiger partial charge < -0.3 is 23.5 Å². The van der Waals surface area contributed by atoms with Crippen LogP contribution in [0, 0.1) is 10.8 Å². The van der Waals surface area contributed by atoms with Crippen molar-refractivity contribution in [1.82, 2.24) is 14.5 Å². The maximum absolute atomic E-state index is 6.29. The molecule has 0 atom stereocenters. The summed E-state index contributed by atoms with van der Waals surface area (Å²) in [4.78, 5) is 8.92. The number of rotatable bonds is 13. The zero-order valence-electron chi connectivity index (χ0n) is 23.6. The summed E-state index contributed by atoms with van der Waals surface area (Å²) in [6, 6.07) is 12.7. The Kier molecular flexibility index (Phi) is 6.77. The molecule has 4 saturated carbocycles. The number of methoxy groups -OCH3 is 1. The van der Waals surface area contributed by atoms with Gasteiger partial charge in [0, 0.05) is 86.7 Å². The number of fused-ring (bicyclic) bond motifs is 3. The van der Waals surface area contributed by atoms with Crippen LogP contribution in [-0.2, 0) is 21.3 Å². The number of nitrogens with zero attached hydrogens (tertiary/aromatic N) is 3. The van der Waals surface area contributed by atoms with Crippen LogP contribution in [0.25, 0.3) is 32.9 Å².